The summed E-state index contributed by atoms with van der Waals surface area (Å²) in [6.07, 6.45) is -4.19. The van der Waals surface area contributed by atoms with Gasteiger partial charge >= 0.3 is 6.18 Å². The molecule has 0 unspecified atom stereocenters. The first kappa shape index (κ1) is 25.2. The van der Waals surface area contributed by atoms with Crippen LogP contribution in [-0.2, 0) is 17.8 Å². The van der Waals surface area contributed by atoms with Crippen LogP contribution >= 0.6 is 0 Å². The topological polar surface area (TPSA) is 82.2 Å². The van der Waals surface area contributed by atoms with E-state index in [-0.39, 0.29) is 43.0 Å². The maximum absolute atomic E-state index is 12.9. The molecule has 0 spiro atoms. The summed E-state index contributed by atoms with van der Waals surface area (Å²) in [6, 6.07) is 3.52. The lowest BCUT2D eigenvalue weighted by Gasteiger charge is -2.42. The summed E-state index contributed by atoms with van der Waals surface area (Å²) in [4.78, 5) is 34.3. The van der Waals surface area contributed by atoms with Gasteiger partial charge in [-0.3, -0.25) is 19.1 Å². The Balaban J connectivity index is 1.79. The summed E-state index contributed by atoms with van der Waals surface area (Å²) in [7, 11) is 0. The minimum Gasteiger partial charge on any atom is -0.354 e. The van der Waals surface area contributed by atoms with E-state index in [0.717, 1.165) is 13.1 Å². The molecule has 1 saturated heterocycles. The summed E-state index contributed by atoms with van der Waals surface area (Å²) in [6.45, 7) is 9.01. The molecule has 1 aliphatic carbocycles. The molecule has 0 radical (unpaired) electrons. The number of aryl methyl sites for hydroxylation is 1. The summed E-state index contributed by atoms with van der Waals surface area (Å²) in [5, 5.41) is 9.22. The fourth-order valence-electron chi connectivity index (χ4n) is 4.20. The quantitative estimate of drug-likeness (QED) is 0.584. The van der Waals surface area contributed by atoms with Crippen molar-refractivity contribution < 1.29 is 18.0 Å². The zero-order chi connectivity index (χ0) is 24.4. The predicted octanol–water partition coefficient (Wildman–Crippen LogP) is 3.31. The van der Waals surface area contributed by atoms with Gasteiger partial charge in [-0.1, -0.05) is 0 Å². The van der Waals surface area contributed by atoms with E-state index in [2.05, 4.69) is 36.7 Å². The van der Waals surface area contributed by atoms with Crippen molar-refractivity contribution in [3.63, 3.8) is 0 Å². The Morgan fingerprint density at radius 2 is 1.82 bits per heavy atom. The summed E-state index contributed by atoms with van der Waals surface area (Å²) in [5.74, 6) is 0.353. The summed E-state index contributed by atoms with van der Waals surface area (Å²) in [5.41, 5.74) is -1.07. The van der Waals surface area contributed by atoms with Gasteiger partial charge in [0.15, 0.2) is 5.78 Å². The zero-order valence-corrected chi connectivity index (χ0v) is 19.5. The highest BCUT2D eigenvalue weighted by Crippen LogP contribution is 2.48. The van der Waals surface area contributed by atoms with Crippen LogP contribution in [0.4, 0.5) is 19.0 Å². The average molecular weight is 468 g/mol. The average Bonchev–Trinajstić information content (AvgIpc) is 3.48. The SMILES string of the molecule is CC(C)(C)N1CCN(c2cc(=O)n(CC(=O)CC3(C#N)CC3)c(CCCC(F)(F)F)n2)CC1. The first-order valence-corrected chi connectivity index (χ1v) is 11.4. The Labute approximate surface area is 192 Å². The lowest BCUT2D eigenvalue weighted by atomic mass is 10.0. The summed E-state index contributed by atoms with van der Waals surface area (Å²) >= 11 is 0. The molecule has 2 fully saturated rings. The maximum Gasteiger partial charge on any atom is 0.389 e. The van der Waals surface area contributed by atoms with Gasteiger partial charge in [0.2, 0.25) is 0 Å². The highest BCUT2D eigenvalue weighted by molar-refractivity contribution is 5.80. The van der Waals surface area contributed by atoms with Crippen molar-refractivity contribution in [1.29, 1.82) is 5.26 Å². The molecule has 0 aromatic carbocycles. The Bertz CT molecular complexity index is 962. The Morgan fingerprint density at radius 1 is 1.18 bits per heavy atom. The Morgan fingerprint density at radius 3 is 2.33 bits per heavy atom. The number of aromatic nitrogens is 2. The van der Waals surface area contributed by atoms with Crippen LogP contribution in [0.25, 0.3) is 0 Å². The smallest absolute Gasteiger partial charge is 0.354 e. The van der Waals surface area contributed by atoms with Gasteiger partial charge in [-0.15, -0.1) is 0 Å². The number of ketones is 1. The fraction of sp³-hybridized carbons (Fsp3) is 0.739. The van der Waals surface area contributed by atoms with Crippen molar-refractivity contribution >= 4 is 11.6 Å². The van der Waals surface area contributed by atoms with Gasteiger partial charge in [0.25, 0.3) is 5.56 Å². The van der Waals surface area contributed by atoms with Crippen LogP contribution in [0.5, 0.6) is 0 Å². The number of hydrogen-bond donors (Lipinski definition) is 0. The van der Waals surface area contributed by atoms with Crippen molar-refractivity contribution in [1.82, 2.24) is 14.5 Å². The Hall–Kier alpha value is -2.41. The van der Waals surface area contributed by atoms with Crippen LogP contribution in [-0.4, -0.2) is 58.1 Å². The minimum absolute atomic E-state index is 0.0222. The van der Waals surface area contributed by atoms with Crippen molar-refractivity contribution in [3.8, 4) is 6.07 Å². The van der Waals surface area contributed by atoms with Crippen LogP contribution < -0.4 is 10.5 Å². The number of hydrogen-bond acceptors (Lipinski definition) is 6. The number of Topliss-reactive ketones (excluding diaryl/α,β-unsaturated/α-hetero) is 1. The molecule has 0 N–H and O–H groups in total. The van der Waals surface area contributed by atoms with E-state index in [1.54, 1.807) is 0 Å². The predicted molar refractivity (Wildman–Crippen MR) is 118 cm³/mol. The highest BCUT2D eigenvalue weighted by Gasteiger charge is 2.44. The third-order valence-corrected chi connectivity index (χ3v) is 6.45. The number of nitriles is 1. The first-order chi connectivity index (χ1) is 15.3. The third kappa shape index (κ3) is 6.79. The second-order valence-corrected chi connectivity index (χ2v) is 10.2. The number of alkyl halides is 3. The van der Waals surface area contributed by atoms with Crippen LogP contribution in [0.3, 0.4) is 0 Å². The molecule has 2 aliphatic rings. The number of anilines is 1. The van der Waals surface area contributed by atoms with Gasteiger partial charge in [-0.05, 0) is 40.0 Å². The number of carbonyl (C=O) groups is 1. The third-order valence-electron chi connectivity index (χ3n) is 6.45. The highest BCUT2D eigenvalue weighted by atomic mass is 19.4. The van der Waals surface area contributed by atoms with Crippen LogP contribution in [0.1, 0.15) is 58.7 Å². The van der Waals surface area contributed by atoms with Gasteiger partial charge in [0.05, 0.1) is 18.0 Å². The van der Waals surface area contributed by atoms with Crippen LogP contribution in [0.2, 0.25) is 0 Å². The van der Waals surface area contributed by atoms with E-state index in [1.807, 2.05) is 4.90 Å². The van der Waals surface area contributed by atoms with Gasteiger partial charge in [-0.2, -0.15) is 18.4 Å². The molecule has 182 valence electrons. The second-order valence-electron chi connectivity index (χ2n) is 10.2. The number of rotatable bonds is 8. The molecule has 1 aromatic rings. The number of piperazine rings is 1. The monoisotopic (exact) mass is 467 g/mol. The molecule has 7 nitrogen and oxygen atoms in total. The van der Waals surface area contributed by atoms with E-state index >= 15 is 0 Å². The van der Waals surface area contributed by atoms with E-state index in [0.29, 0.717) is 31.7 Å². The van der Waals surface area contributed by atoms with Gasteiger partial charge in [-0.25, -0.2) is 4.98 Å². The molecular weight excluding hydrogens is 435 g/mol. The van der Waals surface area contributed by atoms with Crippen molar-refractivity contribution in [2.45, 2.75) is 77.6 Å². The van der Waals surface area contributed by atoms with E-state index in [1.165, 1.54) is 10.6 Å². The van der Waals surface area contributed by atoms with Crippen molar-refractivity contribution in [2.24, 2.45) is 5.41 Å². The maximum atomic E-state index is 12.9. The molecule has 2 heterocycles. The molecule has 3 rings (SSSR count). The molecule has 10 heteroatoms. The molecule has 1 saturated carbocycles. The standard InChI is InChI=1S/C23H32F3N5O2/c1-21(2,3)30-11-9-29(10-12-30)19-13-20(33)31(15-17(32)14-22(16-27)7-8-22)18(28-19)5-4-6-23(24,25)26/h13H,4-12,14-15H2,1-3H3. The van der Waals surface area contributed by atoms with Crippen molar-refractivity contribution in [3.05, 3.63) is 22.2 Å². The Kier molecular flexibility index (Phi) is 7.22. The van der Waals surface area contributed by atoms with Gasteiger partial charge in [0, 0.05) is 57.0 Å². The summed E-state index contributed by atoms with van der Waals surface area (Å²) < 4.78 is 39.3. The van der Waals surface area contributed by atoms with Gasteiger partial charge < -0.3 is 4.90 Å². The lowest BCUT2D eigenvalue weighted by Crippen LogP contribution is -2.53. The molecule has 0 atom stereocenters. The number of nitrogens with zero attached hydrogens (tertiary/aromatic N) is 5. The zero-order valence-electron chi connectivity index (χ0n) is 19.5. The van der Waals surface area contributed by atoms with E-state index < -0.39 is 23.6 Å². The minimum atomic E-state index is -4.30. The van der Waals surface area contributed by atoms with E-state index in [9.17, 15) is 28.0 Å². The second kappa shape index (κ2) is 9.45. The molecule has 1 aromatic heterocycles. The fourth-order valence-corrected chi connectivity index (χ4v) is 4.20. The normalized spacial score (nSPS) is 18.8. The molecule has 33 heavy (non-hydrogen) atoms. The largest absolute Gasteiger partial charge is 0.389 e. The lowest BCUT2D eigenvalue weighted by molar-refractivity contribution is -0.135. The molecular formula is C23H32F3N5O2. The first-order valence-electron chi connectivity index (χ1n) is 11.4. The molecule has 1 aliphatic heterocycles. The number of halogens is 3. The van der Waals surface area contributed by atoms with Gasteiger partial charge in [0.1, 0.15) is 11.6 Å². The number of carbonyl (C=O) groups excluding carboxylic acids is 1. The molecule has 0 amide bonds. The van der Waals surface area contributed by atoms with Crippen LogP contribution in [0, 0.1) is 16.7 Å². The van der Waals surface area contributed by atoms with Crippen LogP contribution in [0.15, 0.2) is 10.9 Å². The molecule has 0 bridgehead atoms. The van der Waals surface area contributed by atoms with Crippen molar-refractivity contribution in [2.75, 3.05) is 31.1 Å². The van der Waals surface area contributed by atoms with E-state index in [4.69, 9.17) is 0 Å².